The van der Waals surface area contributed by atoms with Crippen molar-refractivity contribution in [2.45, 2.75) is 13.0 Å². The van der Waals surface area contributed by atoms with Crippen LogP contribution in [0, 0.1) is 0 Å². The molecule has 0 saturated carbocycles. The standard InChI is InChI=1S/C15H19N3OS.HI/c1-19-11-12-5-2-3-7-14(12)18-15(16)17-9-8-13-6-4-10-20-13;/h2-7,10H,8-9,11H2,1H3,(H3,16,17,18);1H. The molecular formula is C15H20IN3OS. The second-order valence-electron chi connectivity index (χ2n) is 4.31. The molecule has 0 bridgehead atoms. The van der Waals surface area contributed by atoms with Gasteiger partial charge in [-0.15, -0.1) is 35.3 Å². The minimum atomic E-state index is 0. The normalized spacial score (nSPS) is 11.0. The topological polar surface area (TPSA) is 59.6 Å². The minimum Gasteiger partial charge on any atom is -0.380 e. The number of hydrogen-bond acceptors (Lipinski definition) is 3. The van der Waals surface area contributed by atoms with Gasteiger partial charge < -0.3 is 15.8 Å². The fourth-order valence-corrected chi connectivity index (χ4v) is 2.54. The molecule has 21 heavy (non-hydrogen) atoms. The summed E-state index contributed by atoms with van der Waals surface area (Å²) in [5.74, 6) is 0.435. The van der Waals surface area contributed by atoms with Crippen LogP contribution in [0.25, 0.3) is 0 Å². The Morgan fingerprint density at radius 2 is 2.10 bits per heavy atom. The lowest BCUT2D eigenvalue weighted by molar-refractivity contribution is 0.185. The van der Waals surface area contributed by atoms with Gasteiger partial charge in [0.15, 0.2) is 5.96 Å². The average Bonchev–Trinajstić information content (AvgIpc) is 2.94. The maximum absolute atomic E-state index is 5.91. The van der Waals surface area contributed by atoms with Gasteiger partial charge in [-0.1, -0.05) is 24.3 Å². The molecule has 0 fully saturated rings. The Kier molecular flexibility index (Phi) is 8.33. The predicted molar refractivity (Wildman–Crippen MR) is 101 cm³/mol. The van der Waals surface area contributed by atoms with Crippen molar-refractivity contribution in [3.05, 3.63) is 52.2 Å². The van der Waals surface area contributed by atoms with E-state index in [0.717, 1.165) is 17.7 Å². The fourth-order valence-electron chi connectivity index (χ4n) is 1.84. The van der Waals surface area contributed by atoms with Gasteiger partial charge in [-0.2, -0.15) is 0 Å². The smallest absolute Gasteiger partial charge is 0.193 e. The minimum absolute atomic E-state index is 0. The van der Waals surface area contributed by atoms with Crippen LogP contribution in [0.3, 0.4) is 0 Å². The van der Waals surface area contributed by atoms with Crippen molar-refractivity contribution in [3.8, 4) is 0 Å². The summed E-state index contributed by atoms with van der Waals surface area (Å²) in [5.41, 5.74) is 7.91. The van der Waals surface area contributed by atoms with E-state index >= 15 is 0 Å². The van der Waals surface area contributed by atoms with Crippen molar-refractivity contribution in [1.82, 2.24) is 0 Å². The van der Waals surface area contributed by atoms with E-state index < -0.39 is 0 Å². The molecule has 6 heteroatoms. The van der Waals surface area contributed by atoms with Gasteiger partial charge in [0.2, 0.25) is 0 Å². The monoisotopic (exact) mass is 417 g/mol. The third-order valence-electron chi connectivity index (χ3n) is 2.80. The van der Waals surface area contributed by atoms with Crippen molar-refractivity contribution in [3.63, 3.8) is 0 Å². The van der Waals surface area contributed by atoms with Gasteiger partial charge in [0.05, 0.1) is 6.61 Å². The second-order valence-corrected chi connectivity index (χ2v) is 5.34. The van der Waals surface area contributed by atoms with Crippen LogP contribution >= 0.6 is 35.3 Å². The first-order chi connectivity index (χ1) is 9.79. The molecule has 4 nitrogen and oxygen atoms in total. The number of methoxy groups -OCH3 is 1. The predicted octanol–water partition coefficient (Wildman–Crippen LogP) is 3.48. The van der Waals surface area contributed by atoms with Gasteiger partial charge in [0.1, 0.15) is 0 Å². The molecule has 1 heterocycles. The van der Waals surface area contributed by atoms with Gasteiger partial charge in [-0.3, -0.25) is 4.99 Å². The van der Waals surface area contributed by atoms with Crippen LogP contribution in [0.15, 0.2) is 46.8 Å². The molecule has 0 unspecified atom stereocenters. The molecule has 0 atom stereocenters. The van der Waals surface area contributed by atoms with E-state index in [-0.39, 0.29) is 24.0 Å². The summed E-state index contributed by atoms with van der Waals surface area (Å²) in [6, 6.07) is 12.1. The van der Waals surface area contributed by atoms with Crippen LogP contribution in [0.5, 0.6) is 0 Å². The van der Waals surface area contributed by atoms with Gasteiger partial charge in [0.25, 0.3) is 0 Å². The quantitative estimate of drug-likeness (QED) is 0.430. The summed E-state index contributed by atoms with van der Waals surface area (Å²) in [5, 5.41) is 5.20. The second kappa shape index (κ2) is 9.75. The molecule has 0 aliphatic carbocycles. The molecule has 0 aliphatic rings. The van der Waals surface area contributed by atoms with Crippen molar-refractivity contribution in [2.75, 3.05) is 19.0 Å². The summed E-state index contributed by atoms with van der Waals surface area (Å²) < 4.78 is 5.16. The lowest BCUT2D eigenvalue weighted by Gasteiger charge is -2.10. The van der Waals surface area contributed by atoms with Crippen LogP contribution in [0.1, 0.15) is 10.4 Å². The summed E-state index contributed by atoms with van der Waals surface area (Å²) in [4.78, 5) is 5.67. The Labute approximate surface area is 146 Å². The van der Waals surface area contributed by atoms with E-state index in [4.69, 9.17) is 10.5 Å². The van der Waals surface area contributed by atoms with Gasteiger partial charge in [0, 0.05) is 36.2 Å². The van der Waals surface area contributed by atoms with Gasteiger partial charge in [-0.25, -0.2) is 0 Å². The molecule has 114 valence electrons. The van der Waals surface area contributed by atoms with E-state index in [1.54, 1.807) is 18.4 Å². The van der Waals surface area contributed by atoms with Crippen LogP contribution in [0.4, 0.5) is 5.69 Å². The van der Waals surface area contributed by atoms with E-state index in [1.807, 2.05) is 30.3 Å². The SMILES string of the molecule is COCc1ccccc1NC(N)=NCCc1cccs1.I. The van der Waals surface area contributed by atoms with Crippen molar-refractivity contribution in [1.29, 1.82) is 0 Å². The van der Waals surface area contributed by atoms with Crippen LogP contribution in [0.2, 0.25) is 0 Å². The molecule has 0 amide bonds. The summed E-state index contributed by atoms with van der Waals surface area (Å²) in [7, 11) is 1.68. The first-order valence-electron chi connectivity index (χ1n) is 6.46. The Morgan fingerprint density at radius 3 is 2.81 bits per heavy atom. The molecule has 2 aromatic rings. The summed E-state index contributed by atoms with van der Waals surface area (Å²) >= 11 is 1.74. The Morgan fingerprint density at radius 1 is 1.29 bits per heavy atom. The highest BCUT2D eigenvalue weighted by Crippen LogP contribution is 2.15. The number of halogens is 1. The summed E-state index contributed by atoms with van der Waals surface area (Å²) in [6.45, 7) is 1.23. The molecular weight excluding hydrogens is 397 g/mol. The maximum Gasteiger partial charge on any atom is 0.193 e. The van der Waals surface area contributed by atoms with E-state index in [9.17, 15) is 0 Å². The van der Waals surface area contributed by atoms with Gasteiger partial charge in [-0.05, 0) is 17.5 Å². The number of ether oxygens (including phenoxy) is 1. The zero-order chi connectivity index (χ0) is 14.2. The highest BCUT2D eigenvalue weighted by Gasteiger charge is 2.02. The number of aliphatic imine (C=N–C) groups is 1. The molecule has 0 radical (unpaired) electrons. The highest BCUT2D eigenvalue weighted by molar-refractivity contribution is 14.0. The zero-order valence-electron chi connectivity index (χ0n) is 11.9. The Hall–Kier alpha value is -1.12. The lowest BCUT2D eigenvalue weighted by Crippen LogP contribution is -2.23. The molecule has 1 aromatic carbocycles. The number of hydrogen-bond donors (Lipinski definition) is 2. The van der Waals surface area contributed by atoms with Crippen molar-refractivity contribution >= 4 is 47.0 Å². The van der Waals surface area contributed by atoms with Crippen LogP contribution in [-0.2, 0) is 17.8 Å². The number of nitrogens with one attached hydrogen (secondary N) is 1. The number of benzene rings is 1. The molecule has 0 spiro atoms. The average molecular weight is 417 g/mol. The number of nitrogens with zero attached hydrogens (tertiary/aromatic N) is 1. The highest BCUT2D eigenvalue weighted by atomic mass is 127. The Bertz CT molecular complexity index is 558. The van der Waals surface area contributed by atoms with Crippen LogP contribution in [-0.4, -0.2) is 19.6 Å². The Balaban J connectivity index is 0.00000220. The van der Waals surface area contributed by atoms with E-state index in [2.05, 4.69) is 21.8 Å². The number of para-hydroxylation sites is 1. The fraction of sp³-hybridized carbons (Fsp3) is 0.267. The largest absolute Gasteiger partial charge is 0.380 e. The number of guanidine groups is 1. The van der Waals surface area contributed by atoms with Gasteiger partial charge >= 0.3 is 0 Å². The van der Waals surface area contributed by atoms with E-state index in [1.165, 1.54) is 4.88 Å². The lowest BCUT2D eigenvalue weighted by atomic mass is 10.2. The zero-order valence-corrected chi connectivity index (χ0v) is 15.1. The number of nitrogens with two attached hydrogens (primary N) is 1. The first-order valence-corrected chi connectivity index (χ1v) is 7.33. The molecule has 0 saturated heterocycles. The number of rotatable bonds is 6. The molecule has 2 rings (SSSR count). The third kappa shape index (κ3) is 6.03. The number of thiophene rings is 1. The molecule has 1 aromatic heterocycles. The van der Waals surface area contributed by atoms with E-state index in [0.29, 0.717) is 19.1 Å². The first kappa shape index (κ1) is 17.9. The number of anilines is 1. The third-order valence-corrected chi connectivity index (χ3v) is 3.74. The molecule has 0 aliphatic heterocycles. The molecule has 3 N–H and O–H groups in total. The van der Waals surface area contributed by atoms with Crippen molar-refractivity contribution < 1.29 is 4.74 Å². The maximum atomic E-state index is 5.91. The van der Waals surface area contributed by atoms with Crippen LogP contribution < -0.4 is 11.1 Å². The van der Waals surface area contributed by atoms with Crippen molar-refractivity contribution in [2.24, 2.45) is 10.7 Å². The summed E-state index contributed by atoms with van der Waals surface area (Å²) in [6.07, 6.45) is 0.916.